The smallest absolute Gasteiger partial charge is 0.254 e. The molecule has 0 aliphatic carbocycles. The van der Waals surface area contributed by atoms with Gasteiger partial charge in [0.15, 0.2) is 0 Å². The van der Waals surface area contributed by atoms with Gasteiger partial charge in [0, 0.05) is 43.1 Å². The molecule has 1 saturated heterocycles. The Morgan fingerprint density at radius 3 is 2.81 bits per heavy atom. The van der Waals surface area contributed by atoms with E-state index in [0.29, 0.717) is 18.1 Å². The Morgan fingerprint density at radius 1 is 1.15 bits per heavy atom. The van der Waals surface area contributed by atoms with E-state index in [0.717, 1.165) is 41.2 Å². The number of fused-ring (bicyclic) bond motifs is 1. The number of para-hydroxylation sites is 1. The molecule has 0 spiro atoms. The van der Waals surface area contributed by atoms with Gasteiger partial charge >= 0.3 is 0 Å². The summed E-state index contributed by atoms with van der Waals surface area (Å²) in [5.41, 5.74) is 1.56. The van der Waals surface area contributed by atoms with E-state index >= 15 is 0 Å². The van der Waals surface area contributed by atoms with Crippen molar-refractivity contribution < 1.29 is 4.79 Å². The fraction of sp³-hybridized carbons (Fsp3) is 0.300. The number of carbonyl (C=O) groups excluding carboxylic acids is 1. The van der Waals surface area contributed by atoms with Crippen LogP contribution in [0.4, 0.5) is 5.95 Å². The molecule has 4 rings (SSSR count). The summed E-state index contributed by atoms with van der Waals surface area (Å²) in [4.78, 5) is 28.2. The molecule has 3 aromatic rings. The number of likely N-dealkylation sites (tertiary alicyclic amines) is 1. The summed E-state index contributed by atoms with van der Waals surface area (Å²) in [6, 6.07) is 9.72. The van der Waals surface area contributed by atoms with E-state index in [2.05, 4.69) is 36.2 Å². The first kappa shape index (κ1) is 17.9. The maximum atomic E-state index is 13.3. The van der Waals surface area contributed by atoms with Crippen molar-refractivity contribution in [3.05, 3.63) is 59.0 Å². The Balaban J connectivity index is 1.54. The third-order valence-corrected chi connectivity index (χ3v) is 5.29. The molecule has 138 valence electrons. The van der Waals surface area contributed by atoms with Crippen LogP contribution in [0.25, 0.3) is 10.9 Å². The molecule has 7 heteroatoms. The minimum absolute atomic E-state index is 0.0665. The van der Waals surface area contributed by atoms with Crippen molar-refractivity contribution in [3.8, 4) is 0 Å². The summed E-state index contributed by atoms with van der Waals surface area (Å²) < 4.78 is 0.840. The Morgan fingerprint density at radius 2 is 1.96 bits per heavy atom. The molecular weight excluding hydrogens is 406 g/mol. The topological polar surface area (TPSA) is 71.0 Å². The first-order chi connectivity index (χ1) is 13.2. The lowest BCUT2D eigenvalue weighted by Gasteiger charge is -2.36. The lowest BCUT2D eigenvalue weighted by molar-refractivity contribution is 0.0630. The summed E-state index contributed by atoms with van der Waals surface area (Å²) >= 11 is 3.34. The van der Waals surface area contributed by atoms with E-state index in [-0.39, 0.29) is 11.9 Å². The molecule has 1 unspecified atom stereocenters. The van der Waals surface area contributed by atoms with Crippen molar-refractivity contribution in [2.75, 3.05) is 18.4 Å². The second kappa shape index (κ2) is 8.00. The summed E-state index contributed by atoms with van der Waals surface area (Å²) in [5, 5.41) is 4.17. The van der Waals surface area contributed by atoms with Crippen molar-refractivity contribution in [3.63, 3.8) is 0 Å². The molecule has 2 aromatic heterocycles. The van der Waals surface area contributed by atoms with Crippen LogP contribution in [0.15, 0.2) is 53.4 Å². The molecule has 0 radical (unpaired) electrons. The molecule has 1 aliphatic heterocycles. The molecule has 1 aliphatic rings. The first-order valence-corrected chi connectivity index (χ1v) is 9.88. The van der Waals surface area contributed by atoms with Gasteiger partial charge in [0.25, 0.3) is 5.91 Å². The van der Waals surface area contributed by atoms with Gasteiger partial charge < -0.3 is 10.2 Å². The van der Waals surface area contributed by atoms with E-state index in [1.165, 1.54) is 0 Å². The Hall–Kier alpha value is -2.54. The van der Waals surface area contributed by atoms with Gasteiger partial charge in [0.05, 0.1) is 15.6 Å². The predicted octanol–water partition coefficient (Wildman–Crippen LogP) is 3.89. The highest BCUT2D eigenvalue weighted by Crippen LogP contribution is 2.23. The van der Waals surface area contributed by atoms with Gasteiger partial charge in [-0.05, 0) is 47.3 Å². The normalized spacial score (nSPS) is 17.1. The number of amides is 1. The number of nitrogens with zero attached hydrogens (tertiary/aromatic N) is 4. The minimum Gasteiger partial charge on any atom is -0.352 e. The molecule has 1 fully saturated rings. The third-order valence-electron chi connectivity index (χ3n) is 4.88. The number of anilines is 1. The van der Waals surface area contributed by atoms with Crippen LogP contribution < -0.4 is 5.32 Å². The van der Waals surface area contributed by atoms with Crippen LogP contribution in [-0.2, 0) is 0 Å². The maximum absolute atomic E-state index is 13.3. The number of hydrogen-bond donors (Lipinski definition) is 1. The lowest BCUT2D eigenvalue weighted by Crippen LogP contribution is -2.47. The highest BCUT2D eigenvalue weighted by atomic mass is 79.9. The average Bonchev–Trinajstić information content (AvgIpc) is 2.73. The van der Waals surface area contributed by atoms with E-state index in [1.807, 2.05) is 35.2 Å². The van der Waals surface area contributed by atoms with Crippen LogP contribution in [0.5, 0.6) is 0 Å². The van der Waals surface area contributed by atoms with Crippen LogP contribution in [0, 0.1) is 0 Å². The van der Waals surface area contributed by atoms with Crippen LogP contribution >= 0.6 is 15.9 Å². The molecule has 1 N–H and O–H groups in total. The molecule has 1 amide bonds. The Kier molecular flexibility index (Phi) is 5.29. The fourth-order valence-electron chi connectivity index (χ4n) is 3.53. The summed E-state index contributed by atoms with van der Waals surface area (Å²) in [6.07, 6.45) is 8.25. The van der Waals surface area contributed by atoms with Crippen molar-refractivity contribution in [2.24, 2.45) is 0 Å². The molecule has 1 atom stereocenters. The number of piperidine rings is 1. The molecule has 6 nitrogen and oxygen atoms in total. The SMILES string of the molecule is O=C(c1ccnc2ccccc12)N1CCCCC1CNc1ncc(Br)cn1. The fourth-order valence-corrected chi connectivity index (χ4v) is 3.73. The zero-order chi connectivity index (χ0) is 18.6. The van der Waals surface area contributed by atoms with E-state index in [1.54, 1.807) is 18.6 Å². The van der Waals surface area contributed by atoms with Crippen molar-refractivity contribution in [1.29, 1.82) is 0 Å². The number of halogens is 1. The molecule has 1 aromatic carbocycles. The number of pyridine rings is 1. The number of carbonyl (C=O) groups is 1. The maximum Gasteiger partial charge on any atom is 0.254 e. The molecular formula is C20H20BrN5O. The van der Waals surface area contributed by atoms with Gasteiger partial charge in [0.1, 0.15) is 0 Å². The molecule has 3 heterocycles. The Labute approximate surface area is 166 Å². The highest BCUT2D eigenvalue weighted by Gasteiger charge is 2.28. The van der Waals surface area contributed by atoms with E-state index in [9.17, 15) is 4.79 Å². The minimum atomic E-state index is 0.0665. The monoisotopic (exact) mass is 425 g/mol. The summed E-state index contributed by atoms with van der Waals surface area (Å²) in [5.74, 6) is 0.641. The van der Waals surface area contributed by atoms with E-state index < -0.39 is 0 Å². The average molecular weight is 426 g/mol. The number of nitrogens with one attached hydrogen (secondary N) is 1. The van der Waals surface area contributed by atoms with Crippen LogP contribution in [0.3, 0.4) is 0 Å². The van der Waals surface area contributed by atoms with Gasteiger partial charge in [-0.1, -0.05) is 18.2 Å². The highest BCUT2D eigenvalue weighted by molar-refractivity contribution is 9.10. The number of hydrogen-bond acceptors (Lipinski definition) is 5. The van der Waals surface area contributed by atoms with Crippen LogP contribution in [0.2, 0.25) is 0 Å². The number of aromatic nitrogens is 3. The van der Waals surface area contributed by atoms with Gasteiger partial charge in [-0.2, -0.15) is 0 Å². The van der Waals surface area contributed by atoms with Crippen LogP contribution in [0.1, 0.15) is 29.6 Å². The van der Waals surface area contributed by atoms with Gasteiger partial charge in [0.2, 0.25) is 5.95 Å². The standard InChI is InChI=1S/C20H20BrN5O/c21-14-11-23-20(24-12-14)25-13-15-5-3-4-10-26(15)19(27)17-8-9-22-18-7-2-1-6-16(17)18/h1-2,6-9,11-12,15H,3-5,10,13H2,(H,23,24,25). The van der Waals surface area contributed by atoms with E-state index in [4.69, 9.17) is 0 Å². The quantitative estimate of drug-likeness (QED) is 0.686. The molecule has 0 bridgehead atoms. The summed E-state index contributed by atoms with van der Waals surface area (Å²) in [7, 11) is 0. The first-order valence-electron chi connectivity index (χ1n) is 9.08. The number of rotatable bonds is 4. The Bertz CT molecular complexity index is 941. The zero-order valence-electron chi connectivity index (χ0n) is 14.8. The summed E-state index contributed by atoms with van der Waals surface area (Å²) in [6.45, 7) is 1.40. The van der Waals surface area contributed by atoms with Gasteiger partial charge in [-0.15, -0.1) is 0 Å². The van der Waals surface area contributed by atoms with Crippen molar-refractivity contribution in [1.82, 2.24) is 19.9 Å². The predicted molar refractivity (Wildman–Crippen MR) is 109 cm³/mol. The molecule has 0 saturated carbocycles. The second-order valence-corrected chi connectivity index (χ2v) is 7.55. The van der Waals surface area contributed by atoms with Gasteiger partial charge in [-0.3, -0.25) is 9.78 Å². The number of benzene rings is 1. The largest absolute Gasteiger partial charge is 0.352 e. The second-order valence-electron chi connectivity index (χ2n) is 6.63. The van der Waals surface area contributed by atoms with Gasteiger partial charge in [-0.25, -0.2) is 9.97 Å². The zero-order valence-corrected chi connectivity index (χ0v) is 16.4. The lowest BCUT2D eigenvalue weighted by atomic mass is 9.99. The third kappa shape index (κ3) is 3.93. The molecule has 27 heavy (non-hydrogen) atoms. The van der Waals surface area contributed by atoms with Crippen LogP contribution in [-0.4, -0.2) is 44.9 Å². The van der Waals surface area contributed by atoms with Crippen molar-refractivity contribution in [2.45, 2.75) is 25.3 Å². The van der Waals surface area contributed by atoms with Crippen molar-refractivity contribution >= 4 is 38.7 Å².